The molecule has 19 heavy (non-hydrogen) atoms. The van der Waals surface area contributed by atoms with E-state index < -0.39 is 0 Å². The highest BCUT2D eigenvalue weighted by atomic mass is 32.1. The Morgan fingerprint density at radius 3 is 2.79 bits per heavy atom. The molecule has 5 nitrogen and oxygen atoms in total. The highest BCUT2D eigenvalue weighted by Gasteiger charge is 2.24. The molecule has 1 atom stereocenters. The first-order valence-electron chi connectivity index (χ1n) is 6.54. The predicted octanol–water partition coefficient (Wildman–Crippen LogP) is 1.36. The number of rotatable bonds is 4. The second kappa shape index (κ2) is 6.88. The smallest absolute Gasteiger partial charge is 0.314 e. The number of aryl methyl sites for hydroxylation is 1. The van der Waals surface area contributed by atoms with E-state index in [4.69, 9.17) is 4.74 Å². The monoisotopic (exact) mass is 283 g/mol. The number of amides is 2. The van der Waals surface area contributed by atoms with E-state index in [2.05, 4.69) is 34.6 Å². The SMILES string of the molecule is CNC(=O)NC[C@H](c1ccc(C)s1)N1CCOCC1. The third-order valence-corrected chi connectivity index (χ3v) is 4.36. The van der Waals surface area contributed by atoms with Crippen LogP contribution in [0.2, 0.25) is 0 Å². The Kier molecular flexibility index (Phi) is 5.18. The van der Waals surface area contributed by atoms with Crippen molar-refractivity contribution in [2.45, 2.75) is 13.0 Å². The van der Waals surface area contributed by atoms with Crippen molar-refractivity contribution in [2.24, 2.45) is 0 Å². The lowest BCUT2D eigenvalue weighted by Gasteiger charge is -2.34. The molecule has 1 saturated heterocycles. The van der Waals surface area contributed by atoms with Gasteiger partial charge in [-0.05, 0) is 19.1 Å². The van der Waals surface area contributed by atoms with Crippen molar-refractivity contribution < 1.29 is 9.53 Å². The molecule has 6 heteroatoms. The molecule has 2 heterocycles. The highest BCUT2D eigenvalue weighted by Crippen LogP contribution is 2.27. The summed E-state index contributed by atoms with van der Waals surface area (Å²) in [6.07, 6.45) is 0. The molecular formula is C13H21N3O2S. The largest absolute Gasteiger partial charge is 0.379 e. The van der Waals surface area contributed by atoms with Crippen LogP contribution in [0.5, 0.6) is 0 Å². The van der Waals surface area contributed by atoms with Crippen molar-refractivity contribution in [2.75, 3.05) is 39.9 Å². The van der Waals surface area contributed by atoms with Gasteiger partial charge in [-0.3, -0.25) is 4.90 Å². The number of morpholine rings is 1. The van der Waals surface area contributed by atoms with Crippen molar-refractivity contribution in [3.63, 3.8) is 0 Å². The lowest BCUT2D eigenvalue weighted by Crippen LogP contribution is -2.45. The minimum Gasteiger partial charge on any atom is -0.379 e. The minimum absolute atomic E-state index is 0.133. The molecule has 1 aliphatic heterocycles. The third-order valence-electron chi connectivity index (χ3n) is 3.26. The van der Waals surface area contributed by atoms with Crippen LogP contribution in [-0.2, 0) is 4.74 Å². The number of carbonyl (C=O) groups is 1. The fourth-order valence-electron chi connectivity index (χ4n) is 2.21. The van der Waals surface area contributed by atoms with Crippen LogP contribution in [0.1, 0.15) is 15.8 Å². The molecule has 2 rings (SSSR count). The Balaban J connectivity index is 2.05. The average Bonchev–Trinajstić information content (AvgIpc) is 2.86. The van der Waals surface area contributed by atoms with Crippen LogP contribution in [0.15, 0.2) is 12.1 Å². The minimum atomic E-state index is -0.133. The van der Waals surface area contributed by atoms with E-state index in [0.29, 0.717) is 6.54 Å². The number of ether oxygens (including phenoxy) is 1. The lowest BCUT2D eigenvalue weighted by atomic mass is 10.2. The van der Waals surface area contributed by atoms with Gasteiger partial charge in [0.1, 0.15) is 0 Å². The van der Waals surface area contributed by atoms with Crippen molar-refractivity contribution >= 4 is 17.4 Å². The number of nitrogens with zero attached hydrogens (tertiary/aromatic N) is 1. The number of hydrogen-bond acceptors (Lipinski definition) is 4. The Hall–Kier alpha value is -1.11. The maximum Gasteiger partial charge on any atom is 0.314 e. The average molecular weight is 283 g/mol. The van der Waals surface area contributed by atoms with Gasteiger partial charge < -0.3 is 15.4 Å². The summed E-state index contributed by atoms with van der Waals surface area (Å²) in [5.74, 6) is 0. The molecule has 0 saturated carbocycles. The van der Waals surface area contributed by atoms with Gasteiger partial charge in [0.2, 0.25) is 0 Å². The second-order valence-electron chi connectivity index (χ2n) is 4.57. The molecule has 1 aromatic heterocycles. The Bertz CT molecular complexity index is 416. The number of urea groups is 1. The van der Waals surface area contributed by atoms with Crippen molar-refractivity contribution in [3.05, 3.63) is 21.9 Å². The van der Waals surface area contributed by atoms with Gasteiger partial charge >= 0.3 is 6.03 Å². The van der Waals surface area contributed by atoms with Crippen LogP contribution >= 0.6 is 11.3 Å². The standard InChI is InChI=1S/C13H21N3O2S/c1-10-3-4-12(19-10)11(9-15-13(17)14-2)16-5-7-18-8-6-16/h3-4,11H,5-9H2,1-2H3,(H2,14,15,17)/t11-/m1/s1. The molecule has 1 aliphatic rings. The van der Waals surface area contributed by atoms with Crippen LogP contribution in [0.25, 0.3) is 0 Å². The fraction of sp³-hybridized carbons (Fsp3) is 0.615. The van der Waals surface area contributed by atoms with Crippen molar-refractivity contribution in [1.82, 2.24) is 15.5 Å². The van der Waals surface area contributed by atoms with Crippen molar-refractivity contribution in [1.29, 1.82) is 0 Å². The van der Waals surface area contributed by atoms with E-state index in [1.165, 1.54) is 9.75 Å². The molecule has 0 radical (unpaired) electrons. The van der Waals surface area contributed by atoms with Crippen LogP contribution in [0.3, 0.4) is 0 Å². The lowest BCUT2D eigenvalue weighted by molar-refractivity contribution is 0.0174. The number of carbonyl (C=O) groups excluding carboxylic acids is 1. The van der Waals surface area contributed by atoms with Gasteiger partial charge in [0.25, 0.3) is 0 Å². The fourth-order valence-corrected chi connectivity index (χ4v) is 3.22. The predicted molar refractivity (Wildman–Crippen MR) is 76.6 cm³/mol. The van der Waals surface area contributed by atoms with E-state index in [9.17, 15) is 4.79 Å². The summed E-state index contributed by atoms with van der Waals surface area (Å²) in [4.78, 5) is 16.4. The normalized spacial score (nSPS) is 18.0. The Morgan fingerprint density at radius 2 is 2.21 bits per heavy atom. The summed E-state index contributed by atoms with van der Waals surface area (Å²) in [6.45, 7) is 6.09. The van der Waals surface area contributed by atoms with Gasteiger partial charge in [-0.15, -0.1) is 11.3 Å². The maximum absolute atomic E-state index is 11.4. The summed E-state index contributed by atoms with van der Waals surface area (Å²) in [5, 5.41) is 5.50. The molecule has 0 spiro atoms. The molecule has 2 N–H and O–H groups in total. The zero-order valence-corrected chi connectivity index (χ0v) is 12.3. The van der Waals surface area contributed by atoms with Gasteiger partial charge in [-0.1, -0.05) is 0 Å². The molecule has 1 aromatic rings. The van der Waals surface area contributed by atoms with Crippen molar-refractivity contribution in [3.8, 4) is 0 Å². The van der Waals surface area contributed by atoms with Gasteiger partial charge in [0.15, 0.2) is 0 Å². The molecule has 0 bridgehead atoms. The molecule has 1 fully saturated rings. The number of thiophene rings is 1. The topological polar surface area (TPSA) is 53.6 Å². The zero-order chi connectivity index (χ0) is 13.7. The van der Waals surface area contributed by atoms with E-state index in [-0.39, 0.29) is 12.1 Å². The number of hydrogen-bond donors (Lipinski definition) is 2. The first-order chi connectivity index (χ1) is 9.20. The summed E-state index contributed by atoms with van der Waals surface area (Å²) in [5.41, 5.74) is 0. The summed E-state index contributed by atoms with van der Waals surface area (Å²) in [6, 6.07) is 4.39. The van der Waals surface area contributed by atoms with Gasteiger partial charge in [-0.2, -0.15) is 0 Å². The Labute approximate surface area is 117 Å². The molecular weight excluding hydrogens is 262 g/mol. The van der Waals surface area contributed by atoms with Gasteiger partial charge in [0, 0.05) is 36.4 Å². The summed E-state index contributed by atoms with van der Waals surface area (Å²) in [7, 11) is 1.63. The Morgan fingerprint density at radius 1 is 1.47 bits per heavy atom. The first-order valence-corrected chi connectivity index (χ1v) is 7.36. The molecule has 2 amide bonds. The maximum atomic E-state index is 11.4. The summed E-state index contributed by atoms with van der Waals surface area (Å²) < 4.78 is 5.40. The van der Waals surface area contributed by atoms with Crippen LogP contribution in [-0.4, -0.2) is 50.8 Å². The molecule has 106 valence electrons. The first kappa shape index (κ1) is 14.3. The zero-order valence-electron chi connectivity index (χ0n) is 11.4. The van der Waals surface area contributed by atoms with E-state index in [1.807, 2.05) is 0 Å². The molecule has 0 aromatic carbocycles. The van der Waals surface area contributed by atoms with E-state index in [0.717, 1.165) is 26.3 Å². The quantitative estimate of drug-likeness (QED) is 0.877. The van der Waals surface area contributed by atoms with Gasteiger partial charge in [-0.25, -0.2) is 4.79 Å². The summed E-state index contributed by atoms with van der Waals surface area (Å²) >= 11 is 1.79. The third kappa shape index (κ3) is 3.92. The second-order valence-corrected chi connectivity index (χ2v) is 5.89. The molecule has 0 aliphatic carbocycles. The van der Waals surface area contributed by atoms with Crippen LogP contribution < -0.4 is 10.6 Å². The van der Waals surface area contributed by atoms with Gasteiger partial charge in [0.05, 0.1) is 19.3 Å². The number of nitrogens with one attached hydrogen (secondary N) is 2. The van der Waals surface area contributed by atoms with E-state index >= 15 is 0 Å². The molecule has 0 unspecified atom stereocenters. The highest BCUT2D eigenvalue weighted by molar-refractivity contribution is 7.12. The van der Waals surface area contributed by atoms with Crippen LogP contribution in [0.4, 0.5) is 4.79 Å². The van der Waals surface area contributed by atoms with Crippen LogP contribution in [0, 0.1) is 6.92 Å². The van der Waals surface area contributed by atoms with E-state index in [1.54, 1.807) is 18.4 Å².